The zero-order chi connectivity index (χ0) is 12.1. The Morgan fingerprint density at radius 1 is 1.47 bits per heavy atom. The molecule has 4 heteroatoms. The first-order valence-electron chi connectivity index (χ1n) is 6.58. The lowest BCUT2D eigenvalue weighted by Gasteiger charge is -2.30. The smallest absolute Gasteiger partial charge is 0.107 e. The van der Waals surface area contributed by atoms with Gasteiger partial charge in [-0.15, -0.1) is 11.3 Å². The molecular formula is C13H23N3S. The second kappa shape index (κ2) is 6.47. The van der Waals surface area contributed by atoms with Gasteiger partial charge in [0.2, 0.25) is 0 Å². The number of aryl methyl sites for hydroxylation is 1. The number of aromatic nitrogens is 1. The summed E-state index contributed by atoms with van der Waals surface area (Å²) in [6.07, 6.45) is 2.73. The van der Waals surface area contributed by atoms with Gasteiger partial charge in [-0.25, -0.2) is 4.98 Å². The molecule has 1 aromatic heterocycles. The summed E-state index contributed by atoms with van der Waals surface area (Å²) in [7, 11) is 0. The van der Waals surface area contributed by atoms with Gasteiger partial charge < -0.3 is 10.2 Å². The Kier molecular flexibility index (Phi) is 4.95. The van der Waals surface area contributed by atoms with Crippen molar-refractivity contribution in [2.45, 2.75) is 33.2 Å². The standard InChI is InChI=1S/C13H23N3S/c1-11-3-6-16(7-4-11)8-5-14-9-13-15-12(2)10-17-13/h10-11,14H,3-9H2,1-2H3. The zero-order valence-corrected chi connectivity index (χ0v) is 11.7. The highest BCUT2D eigenvalue weighted by Gasteiger charge is 2.14. The van der Waals surface area contributed by atoms with Crippen LogP contribution in [0.3, 0.4) is 0 Å². The maximum atomic E-state index is 4.45. The average molecular weight is 253 g/mol. The number of nitrogens with one attached hydrogen (secondary N) is 1. The van der Waals surface area contributed by atoms with Crippen LogP contribution in [0.5, 0.6) is 0 Å². The Morgan fingerprint density at radius 3 is 2.88 bits per heavy atom. The van der Waals surface area contributed by atoms with Crippen molar-refractivity contribution in [1.29, 1.82) is 0 Å². The van der Waals surface area contributed by atoms with E-state index in [2.05, 4.69) is 34.4 Å². The number of likely N-dealkylation sites (tertiary alicyclic amines) is 1. The first-order valence-corrected chi connectivity index (χ1v) is 7.46. The van der Waals surface area contributed by atoms with Crippen LogP contribution in [0.25, 0.3) is 0 Å². The van der Waals surface area contributed by atoms with Crippen molar-refractivity contribution in [2.24, 2.45) is 5.92 Å². The highest BCUT2D eigenvalue weighted by Crippen LogP contribution is 2.15. The molecule has 1 aliphatic rings. The molecule has 1 N–H and O–H groups in total. The van der Waals surface area contributed by atoms with E-state index in [0.717, 1.165) is 24.7 Å². The zero-order valence-electron chi connectivity index (χ0n) is 10.9. The fraction of sp³-hybridized carbons (Fsp3) is 0.769. The lowest BCUT2D eigenvalue weighted by molar-refractivity contribution is 0.193. The molecule has 0 aromatic carbocycles. The van der Waals surface area contributed by atoms with Crippen molar-refractivity contribution in [2.75, 3.05) is 26.2 Å². The predicted octanol–water partition coefficient (Wildman–Crippen LogP) is 2.27. The first kappa shape index (κ1) is 13.0. The van der Waals surface area contributed by atoms with E-state index in [9.17, 15) is 0 Å². The average Bonchev–Trinajstić information content (AvgIpc) is 2.73. The second-order valence-corrected chi connectivity index (χ2v) is 6.03. The lowest BCUT2D eigenvalue weighted by Crippen LogP contribution is -2.37. The Balaban J connectivity index is 1.57. The molecule has 0 saturated carbocycles. The quantitative estimate of drug-likeness (QED) is 0.816. The van der Waals surface area contributed by atoms with Crippen molar-refractivity contribution < 1.29 is 0 Å². The van der Waals surface area contributed by atoms with Gasteiger partial charge in [-0.1, -0.05) is 6.92 Å². The van der Waals surface area contributed by atoms with Gasteiger partial charge in [0.25, 0.3) is 0 Å². The molecule has 0 aliphatic carbocycles. The van der Waals surface area contributed by atoms with E-state index >= 15 is 0 Å². The topological polar surface area (TPSA) is 28.2 Å². The molecule has 1 fully saturated rings. The third-order valence-corrected chi connectivity index (χ3v) is 4.39. The van der Waals surface area contributed by atoms with Gasteiger partial charge in [0.05, 0.1) is 0 Å². The van der Waals surface area contributed by atoms with E-state index in [1.54, 1.807) is 11.3 Å². The third-order valence-electron chi connectivity index (χ3n) is 3.42. The number of piperidine rings is 1. The molecule has 0 amide bonds. The summed E-state index contributed by atoms with van der Waals surface area (Å²) in [6, 6.07) is 0. The van der Waals surface area contributed by atoms with Crippen molar-refractivity contribution >= 4 is 11.3 Å². The molecule has 0 spiro atoms. The predicted molar refractivity (Wildman–Crippen MR) is 73.4 cm³/mol. The molecule has 0 bridgehead atoms. The van der Waals surface area contributed by atoms with Gasteiger partial charge >= 0.3 is 0 Å². The minimum Gasteiger partial charge on any atom is -0.309 e. The van der Waals surface area contributed by atoms with E-state index < -0.39 is 0 Å². The van der Waals surface area contributed by atoms with Gasteiger partial charge in [-0.05, 0) is 38.8 Å². The van der Waals surface area contributed by atoms with Gasteiger partial charge in [0.15, 0.2) is 0 Å². The summed E-state index contributed by atoms with van der Waals surface area (Å²) in [5.41, 5.74) is 1.14. The van der Waals surface area contributed by atoms with Crippen LogP contribution in [0.15, 0.2) is 5.38 Å². The normalized spacial score (nSPS) is 18.7. The minimum atomic E-state index is 0.919. The van der Waals surface area contributed by atoms with Gasteiger partial charge in [0, 0.05) is 30.7 Å². The molecule has 96 valence electrons. The number of thiazole rings is 1. The third kappa shape index (κ3) is 4.37. The van der Waals surface area contributed by atoms with Crippen molar-refractivity contribution in [3.8, 4) is 0 Å². The molecule has 0 unspecified atom stereocenters. The molecular weight excluding hydrogens is 230 g/mol. The van der Waals surface area contributed by atoms with Crippen LogP contribution in [0.1, 0.15) is 30.5 Å². The summed E-state index contributed by atoms with van der Waals surface area (Å²) in [6.45, 7) is 10.1. The molecule has 1 aliphatic heterocycles. The summed E-state index contributed by atoms with van der Waals surface area (Å²) >= 11 is 1.75. The number of rotatable bonds is 5. The first-order chi connectivity index (χ1) is 8.24. The summed E-state index contributed by atoms with van der Waals surface area (Å²) in [5, 5.41) is 6.80. The maximum Gasteiger partial charge on any atom is 0.107 e. The highest BCUT2D eigenvalue weighted by atomic mass is 32.1. The molecule has 2 heterocycles. The lowest BCUT2D eigenvalue weighted by atomic mass is 9.99. The molecule has 1 aromatic rings. The SMILES string of the molecule is Cc1csc(CNCCN2CCC(C)CC2)n1. The fourth-order valence-corrected chi connectivity index (χ4v) is 2.94. The van der Waals surface area contributed by atoms with Crippen LogP contribution < -0.4 is 5.32 Å². The summed E-state index contributed by atoms with van der Waals surface area (Å²) < 4.78 is 0. The second-order valence-electron chi connectivity index (χ2n) is 5.08. The Morgan fingerprint density at radius 2 is 2.24 bits per heavy atom. The molecule has 0 atom stereocenters. The van der Waals surface area contributed by atoms with Crippen LogP contribution in [0, 0.1) is 12.8 Å². The van der Waals surface area contributed by atoms with Gasteiger partial charge in [-0.2, -0.15) is 0 Å². The highest BCUT2D eigenvalue weighted by molar-refractivity contribution is 7.09. The minimum absolute atomic E-state index is 0.919. The largest absolute Gasteiger partial charge is 0.309 e. The number of hydrogen-bond acceptors (Lipinski definition) is 4. The fourth-order valence-electron chi connectivity index (χ4n) is 2.20. The molecule has 2 rings (SSSR count). The van der Waals surface area contributed by atoms with E-state index in [4.69, 9.17) is 0 Å². The van der Waals surface area contributed by atoms with Crippen LogP contribution in [0.4, 0.5) is 0 Å². The monoisotopic (exact) mass is 253 g/mol. The van der Waals surface area contributed by atoms with E-state index in [-0.39, 0.29) is 0 Å². The van der Waals surface area contributed by atoms with Crippen LogP contribution in [-0.4, -0.2) is 36.1 Å². The van der Waals surface area contributed by atoms with Crippen LogP contribution >= 0.6 is 11.3 Å². The van der Waals surface area contributed by atoms with E-state index in [1.807, 2.05) is 0 Å². The van der Waals surface area contributed by atoms with Crippen molar-refractivity contribution in [3.63, 3.8) is 0 Å². The van der Waals surface area contributed by atoms with Crippen molar-refractivity contribution in [3.05, 3.63) is 16.1 Å². The van der Waals surface area contributed by atoms with Gasteiger partial charge in [-0.3, -0.25) is 0 Å². The Bertz CT molecular complexity index is 329. The molecule has 0 radical (unpaired) electrons. The maximum absolute atomic E-state index is 4.45. The number of nitrogens with zero attached hydrogens (tertiary/aromatic N) is 2. The van der Waals surface area contributed by atoms with Crippen LogP contribution in [-0.2, 0) is 6.54 Å². The Labute approximate surface area is 108 Å². The van der Waals surface area contributed by atoms with Crippen molar-refractivity contribution in [1.82, 2.24) is 15.2 Å². The number of hydrogen-bond donors (Lipinski definition) is 1. The van der Waals surface area contributed by atoms with E-state index in [0.29, 0.717) is 0 Å². The summed E-state index contributed by atoms with van der Waals surface area (Å²) in [5.74, 6) is 0.928. The molecule has 17 heavy (non-hydrogen) atoms. The Hall–Kier alpha value is -0.450. The molecule has 1 saturated heterocycles. The molecule has 3 nitrogen and oxygen atoms in total. The van der Waals surface area contributed by atoms with Gasteiger partial charge in [0.1, 0.15) is 5.01 Å². The van der Waals surface area contributed by atoms with E-state index in [1.165, 1.54) is 37.5 Å². The summed E-state index contributed by atoms with van der Waals surface area (Å²) in [4.78, 5) is 7.02. The van der Waals surface area contributed by atoms with Crippen LogP contribution in [0.2, 0.25) is 0 Å².